The largest absolute Gasteiger partial charge is 0.398 e. The lowest BCUT2D eigenvalue weighted by Gasteiger charge is -2.33. The maximum atomic E-state index is 11.9. The molecule has 0 spiro atoms. The Morgan fingerprint density at radius 3 is 2.81 bits per heavy atom. The summed E-state index contributed by atoms with van der Waals surface area (Å²) >= 11 is 3.34. The molecule has 4 heteroatoms. The van der Waals surface area contributed by atoms with Crippen molar-refractivity contribution in [2.45, 2.75) is 25.8 Å². The third-order valence-corrected chi connectivity index (χ3v) is 3.87. The molecule has 1 aromatic rings. The second-order valence-electron chi connectivity index (χ2n) is 4.46. The lowest BCUT2D eigenvalue weighted by atomic mass is 9.82. The van der Waals surface area contributed by atoms with Gasteiger partial charge >= 0.3 is 0 Å². The zero-order valence-electron chi connectivity index (χ0n) is 9.16. The fraction of sp³-hybridized carbons (Fsp3) is 0.417. The molecular formula is C12H15BrN2O. The minimum atomic E-state index is -0.0453. The Bertz CT molecular complexity index is 413. The SMILES string of the molecule is CC1CC(NC(=O)c2cccc(N)c2Br)C1. The fourth-order valence-corrected chi connectivity index (χ4v) is 2.45. The fourth-order valence-electron chi connectivity index (χ4n) is 2.01. The van der Waals surface area contributed by atoms with Crippen molar-refractivity contribution in [1.82, 2.24) is 5.32 Å². The van der Waals surface area contributed by atoms with Crippen LogP contribution in [-0.2, 0) is 0 Å². The van der Waals surface area contributed by atoms with Gasteiger partial charge in [-0.25, -0.2) is 0 Å². The van der Waals surface area contributed by atoms with Crippen molar-refractivity contribution in [1.29, 1.82) is 0 Å². The number of nitrogens with one attached hydrogen (secondary N) is 1. The number of hydrogen-bond acceptors (Lipinski definition) is 2. The van der Waals surface area contributed by atoms with Crippen molar-refractivity contribution in [2.24, 2.45) is 5.92 Å². The highest BCUT2D eigenvalue weighted by Crippen LogP contribution is 2.28. The molecule has 0 aliphatic heterocycles. The van der Waals surface area contributed by atoms with Gasteiger partial charge in [0.05, 0.1) is 10.0 Å². The number of halogens is 1. The molecule has 86 valence electrons. The molecule has 16 heavy (non-hydrogen) atoms. The van der Waals surface area contributed by atoms with E-state index in [1.54, 1.807) is 18.2 Å². The average molecular weight is 283 g/mol. The molecule has 1 amide bonds. The van der Waals surface area contributed by atoms with Crippen molar-refractivity contribution < 1.29 is 4.79 Å². The van der Waals surface area contributed by atoms with E-state index in [0.717, 1.165) is 18.8 Å². The van der Waals surface area contributed by atoms with Crippen LogP contribution in [0.25, 0.3) is 0 Å². The number of nitrogen functional groups attached to an aromatic ring is 1. The summed E-state index contributed by atoms with van der Waals surface area (Å²) in [6, 6.07) is 5.67. The molecule has 0 heterocycles. The standard InChI is InChI=1S/C12H15BrN2O/c1-7-5-8(6-7)15-12(16)9-3-2-4-10(14)11(9)13/h2-4,7-8H,5-6,14H2,1H3,(H,15,16). The van der Waals surface area contributed by atoms with Crippen LogP contribution >= 0.6 is 15.9 Å². The number of hydrogen-bond donors (Lipinski definition) is 2. The molecule has 1 aliphatic carbocycles. The smallest absolute Gasteiger partial charge is 0.252 e. The molecule has 1 aliphatic rings. The Balaban J connectivity index is 2.06. The summed E-state index contributed by atoms with van der Waals surface area (Å²) < 4.78 is 0.680. The molecule has 0 atom stereocenters. The normalized spacial score (nSPS) is 23.6. The Labute approximate surface area is 104 Å². The highest BCUT2D eigenvalue weighted by atomic mass is 79.9. The van der Waals surface area contributed by atoms with Gasteiger partial charge in [-0.3, -0.25) is 4.79 Å². The van der Waals surface area contributed by atoms with Crippen molar-refractivity contribution in [3.8, 4) is 0 Å². The van der Waals surface area contributed by atoms with E-state index < -0.39 is 0 Å². The van der Waals surface area contributed by atoms with E-state index in [2.05, 4.69) is 28.2 Å². The van der Waals surface area contributed by atoms with Gasteiger partial charge in [0.15, 0.2) is 0 Å². The zero-order chi connectivity index (χ0) is 11.7. The molecule has 1 fully saturated rings. The van der Waals surface area contributed by atoms with Gasteiger partial charge in [0.25, 0.3) is 5.91 Å². The molecule has 0 bridgehead atoms. The lowest BCUT2D eigenvalue weighted by Crippen LogP contribution is -2.43. The van der Waals surface area contributed by atoms with Crippen molar-refractivity contribution in [3.05, 3.63) is 28.2 Å². The van der Waals surface area contributed by atoms with Crippen LogP contribution in [0.15, 0.2) is 22.7 Å². The summed E-state index contributed by atoms with van der Waals surface area (Å²) in [6.45, 7) is 2.19. The number of carbonyl (C=O) groups is 1. The minimum Gasteiger partial charge on any atom is -0.398 e. The van der Waals surface area contributed by atoms with Crippen LogP contribution < -0.4 is 11.1 Å². The maximum absolute atomic E-state index is 11.9. The van der Waals surface area contributed by atoms with Crippen molar-refractivity contribution >= 4 is 27.5 Å². The Morgan fingerprint density at radius 2 is 2.19 bits per heavy atom. The summed E-state index contributed by atoms with van der Waals surface area (Å²) in [4.78, 5) is 11.9. The summed E-state index contributed by atoms with van der Waals surface area (Å²) in [5.41, 5.74) is 6.93. The number of carbonyl (C=O) groups excluding carboxylic acids is 1. The molecule has 1 aromatic carbocycles. The number of nitrogens with two attached hydrogens (primary N) is 1. The average Bonchev–Trinajstić information content (AvgIpc) is 2.19. The van der Waals surface area contributed by atoms with E-state index in [1.165, 1.54) is 0 Å². The van der Waals surface area contributed by atoms with E-state index in [-0.39, 0.29) is 5.91 Å². The van der Waals surface area contributed by atoms with Gasteiger partial charge in [-0.05, 0) is 46.8 Å². The van der Waals surface area contributed by atoms with E-state index in [9.17, 15) is 4.79 Å². The Hall–Kier alpha value is -1.03. The number of benzene rings is 1. The van der Waals surface area contributed by atoms with Crippen LogP contribution in [0.3, 0.4) is 0 Å². The van der Waals surface area contributed by atoms with Crippen LogP contribution in [-0.4, -0.2) is 11.9 Å². The van der Waals surface area contributed by atoms with Crippen LogP contribution in [0.1, 0.15) is 30.1 Å². The summed E-state index contributed by atoms with van der Waals surface area (Å²) in [5, 5.41) is 3.01. The Kier molecular flexibility index (Phi) is 3.19. The molecule has 0 aromatic heterocycles. The van der Waals surface area contributed by atoms with Crippen molar-refractivity contribution in [2.75, 3.05) is 5.73 Å². The van der Waals surface area contributed by atoms with Crippen LogP contribution in [0.2, 0.25) is 0 Å². The summed E-state index contributed by atoms with van der Waals surface area (Å²) in [7, 11) is 0. The molecule has 3 N–H and O–H groups in total. The van der Waals surface area contributed by atoms with E-state index in [4.69, 9.17) is 5.73 Å². The van der Waals surface area contributed by atoms with Crippen LogP contribution in [0.5, 0.6) is 0 Å². The first-order chi connectivity index (χ1) is 7.58. The predicted molar refractivity (Wildman–Crippen MR) is 68.2 cm³/mol. The van der Waals surface area contributed by atoms with E-state index >= 15 is 0 Å². The molecule has 2 rings (SSSR count). The molecule has 0 saturated heterocycles. The van der Waals surface area contributed by atoms with Crippen LogP contribution in [0.4, 0.5) is 5.69 Å². The van der Waals surface area contributed by atoms with Gasteiger partial charge in [0.1, 0.15) is 0 Å². The van der Waals surface area contributed by atoms with E-state index in [0.29, 0.717) is 21.8 Å². The predicted octanol–water partition coefficient (Wildman–Crippen LogP) is 2.56. The first-order valence-electron chi connectivity index (χ1n) is 5.42. The third-order valence-electron chi connectivity index (χ3n) is 2.98. The highest BCUT2D eigenvalue weighted by molar-refractivity contribution is 9.10. The second-order valence-corrected chi connectivity index (χ2v) is 5.25. The molecule has 1 saturated carbocycles. The van der Waals surface area contributed by atoms with Gasteiger partial charge < -0.3 is 11.1 Å². The molecule has 0 unspecified atom stereocenters. The van der Waals surface area contributed by atoms with Gasteiger partial charge in [0.2, 0.25) is 0 Å². The van der Waals surface area contributed by atoms with E-state index in [1.807, 2.05) is 0 Å². The van der Waals surface area contributed by atoms with Crippen LogP contribution in [0, 0.1) is 5.92 Å². The highest BCUT2D eigenvalue weighted by Gasteiger charge is 2.27. The first kappa shape index (κ1) is 11.5. The maximum Gasteiger partial charge on any atom is 0.252 e. The lowest BCUT2D eigenvalue weighted by molar-refractivity contribution is 0.0895. The Morgan fingerprint density at radius 1 is 1.50 bits per heavy atom. The number of rotatable bonds is 2. The summed E-state index contributed by atoms with van der Waals surface area (Å²) in [5.74, 6) is 0.686. The monoisotopic (exact) mass is 282 g/mol. The quantitative estimate of drug-likeness (QED) is 0.820. The zero-order valence-corrected chi connectivity index (χ0v) is 10.8. The number of amides is 1. The first-order valence-corrected chi connectivity index (χ1v) is 6.22. The van der Waals surface area contributed by atoms with Gasteiger partial charge in [-0.1, -0.05) is 13.0 Å². The third kappa shape index (κ3) is 2.21. The van der Waals surface area contributed by atoms with Gasteiger partial charge in [-0.15, -0.1) is 0 Å². The van der Waals surface area contributed by atoms with Crippen molar-refractivity contribution in [3.63, 3.8) is 0 Å². The topological polar surface area (TPSA) is 55.1 Å². The molecule has 0 radical (unpaired) electrons. The van der Waals surface area contributed by atoms with Gasteiger partial charge in [0, 0.05) is 11.7 Å². The molecular weight excluding hydrogens is 268 g/mol. The second kappa shape index (κ2) is 4.45. The van der Waals surface area contributed by atoms with Gasteiger partial charge in [-0.2, -0.15) is 0 Å². The number of anilines is 1. The summed E-state index contributed by atoms with van der Waals surface area (Å²) in [6.07, 6.45) is 2.15. The minimum absolute atomic E-state index is 0.0453. The molecule has 3 nitrogen and oxygen atoms in total.